The van der Waals surface area contributed by atoms with Gasteiger partial charge < -0.3 is 19.9 Å². The van der Waals surface area contributed by atoms with Gasteiger partial charge >= 0.3 is 5.97 Å². The fourth-order valence-electron chi connectivity index (χ4n) is 1.68. The predicted octanol–water partition coefficient (Wildman–Crippen LogP) is 2.15. The number of anilines is 1. The summed E-state index contributed by atoms with van der Waals surface area (Å²) in [7, 11) is 3.06. The standard InChI is InChI=1S/C14H19NO5/c1-19-8-4-3-5-13(16)15-12-7-6-10(20-2)9-11(12)14(17)18/h6-7,9H,3-5,8H2,1-2H3,(H,15,16)(H,17,18). The maximum atomic E-state index is 11.7. The Kier molecular flexibility index (Phi) is 6.52. The molecule has 0 fully saturated rings. The van der Waals surface area contributed by atoms with Crippen LogP contribution in [-0.4, -0.2) is 37.8 Å². The second-order valence-corrected chi connectivity index (χ2v) is 4.21. The average Bonchev–Trinajstić information content (AvgIpc) is 2.43. The fourth-order valence-corrected chi connectivity index (χ4v) is 1.68. The van der Waals surface area contributed by atoms with Crippen molar-refractivity contribution in [3.63, 3.8) is 0 Å². The Morgan fingerprint density at radius 3 is 2.60 bits per heavy atom. The van der Waals surface area contributed by atoms with Crippen molar-refractivity contribution in [3.05, 3.63) is 23.8 Å². The number of carbonyl (C=O) groups excluding carboxylic acids is 1. The molecule has 0 aromatic heterocycles. The summed E-state index contributed by atoms with van der Waals surface area (Å²) in [5.74, 6) is -0.896. The Balaban J connectivity index is 2.66. The lowest BCUT2D eigenvalue weighted by atomic mass is 10.1. The molecule has 1 aromatic carbocycles. The zero-order valence-electron chi connectivity index (χ0n) is 11.6. The van der Waals surface area contributed by atoms with Crippen LogP contribution in [0.3, 0.4) is 0 Å². The van der Waals surface area contributed by atoms with Crippen molar-refractivity contribution < 1.29 is 24.2 Å². The van der Waals surface area contributed by atoms with Gasteiger partial charge in [-0.15, -0.1) is 0 Å². The predicted molar refractivity (Wildman–Crippen MR) is 74.3 cm³/mol. The second-order valence-electron chi connectivity index (χ2n) is 4.21. The Morgan fingerprint density at radius 1 is 1.25 bits per heavy atom. The van der Waals surface area contributed by atoms with Gasteiger partial charge in [0, 0.05) is 20.1 Å². The molecule has 1 aromatic rings. The molecule has 0 saturated carbocycles. The SMILES string of the molecule is COCCCCC(=O)Nc1ccc(OC)cc1C(=O)O. The quantitative estimate of drug-likeness (QED) is 0.713. The Morgan fingerprint density at radius 2 is 2.00 bits per heavy atom. The number of amides is 1. The van der Waals surface area contributed by atoms with Gasteiger partial charge in [-0.1, -0.05) is 0 Å². The summed E-state index contributed by atoms with van der Waals surface area (Å²) in [6.07, 6.45) is 1.81. The maximum Gasteiger partial charge on any atom is 0.337 e. The number of ether oxygens (including phenoxy) is 2. The molecule has 0 bridgehead atoms. The van der Waals surface area contributed by atoms with E-state index < -0.39 is 5.97 Å². The topological polar surface area (TPSA) is 84.9 Å². The van der Waals surface area contributed by atoms with Crippen LogP contribution in [0.5, 0.6) is 5.75 Å². The van der Waals surface area contributed by atoms with E-state index in [0.717, 1.165) is 6.42 Å². The van der Waals surface area contributed by atoms with Gasteiger partial charge in [0.2, 0.25) is 5.91 Å². The molecular formula is C14H19NO5. The molecule has 0 unspecified atom stereocenters. The van der Waals surface area contributed by atoms with E-state index >= 15 is 0 Å². The zero-order valence-corrected chi connectivity index (χ0v) is 11.6. The molecule has 0 heterocycles. The molecule has 0 aliphatic heterocycles. The molecule has 0 radical (unpaired) electrons. The first-order chi connectivity index (χ1) is 9.58. The number of carboxylic acid groups (broad SMARTS) is 1. The van der Waals surface area contributed by atoms with Crippen molar-refractivity contribution in [1.82, 2.24) is 0 Å². The Hall–Kier alpha value is -2.08. The van der Waals surface area contributed by atoms with Gasteiger partial charge in [0.1, 0.15) is 5.75 Å². The van der Waals surface area contributed by atoms with Crippen molar-refractivity contribution >= 4 is 17.6 Å². The largest absolute Gasteiger partial charge is 0.497 e. The third kappa shape index (κ3) is 4.89. The van der Waals surface area contributed by atoms with Crippen LogP contribution >= 0.6 is 0 Å². The Labute approximate surface area is 117 Å². The van der Waals surface area contributed by atoms with Gasteiger partial charge in [0.05, 0.1) is 18.4 Å². The number of nitrogens with one attached hydrogen (secondary N) is 1. The van der Waals surface area contributed by atoms with E-state index in [4.69, 9.17) is 14.6 Å². The van der Waals surface area contributed by atoms with E-state index in [1.807, 2.05) is 0 Å². The van der Waals surface area contributed by atoms with Crippen LogP contribution in [0, 0.1) is 0 Å². The van der Waals surface area contributed by atoms with E-state index in [1.54, 1.807) is 13.2 Å². The monoisotopic (exact) mass is 281 g/mol. The first-order valence-electron chi connectivity index (χ1n) is 6.28. The smallest absolute Gasteiger partial charge is 0.337 e. The van der Waals surface area contributed by atoms with Gasteiger partial charge in [-0.25, -0.2) is 4.79 Å². The molecule has 0 aliphatic carbocycles. The number of carbonyl (C=O) groups is 2. The van der Waals surface area contributed by atoms with Crippen molar-refractivity contribution in [2.75, 3.05) is 26.1 Å². The summed E-state index contributed by atoms with van der Waals surface area (Å²) in [5.41, 5.74) is 0.282. The summed E-state index contributed by atoms with van der Waals surface area (Å²) >= 11 is 0. The number of benzene rings is 1. The van der Waals surface area contributed by atoms with Crippen LogP contribution in [0.4, 0.5) is 5.69 Å². The first-order valence-corrected chi connectivity index (χ1v) is 6.28. The molecule has 20 heavy (non-hydrogen) atoms. The van der Waals surface area contributed by atoms with E-state index in [9.17, 15) is 9.59 Å². The normalized spacial score (nSPS) is 10.1. The van der Waals surface area contributed by atoms with Crippen molar-refractivity contribution in [2.45, 2.75) is 19.3 Å². The average molecular weight is 281 g/mol. The highest BCUT2D eigenvalue weighted by Crippen LogP contribution is 2.22. The van der Waals surface area contributed by atoms with Gasteiger partial charge in [0.15, 0.2) is 0 Å². The molecule has 6 heteroatoms. The van der Waals surface area contributed by atoms with Crippen LogP contribution in [0.2, 0.25) is 0 Å². The number of hydrogen-bond acceptors (Lipinski definition) is 4. The number of methoxy groups -OCH3 is 2. The molecule has 0 atom stereocenters. The van der Waals surface area contributed by atoms with Crippen molar-refractivity contribution in [2.24, 2.45) is 0 Å². The molecule has 1 amide bonds. The molecule has 0 aliphatic rings. The van der Waals surface area contributed by atoms with Gasteiger partial charge in [-0.2, -0.15) is 0 Å². The highest BCUT2D eigenvalue weighted by Gasteiger charge is 2.13. The second kappa shape index (κ2) is 8.16. The van der Waals surface area contributed by atoms with E-state index in [0.29, 0.717) is 25.2 Å². The number of aromatic carboxylic acids is 1. The molecule has 0 spiro atoms. The van der Waals surface area contributed by atoms with Gasteiger partial charge in [0.25, 0.3) is 0 Å². The summed E-state index contributed by atoms with van der Waals surface area (Å²) in [6, 6.07) is 4.51. The molecular weight excluding hydrogens is 262 g/mol. The molecule has 0 saturated heterocycles. The van der Waals surface area contributed by atoms with Crippen LogP contribution in [0.25, 0.3) is 0 Å². The van der Waals surface area contributed by atoms with Crippen molar-refractivity contribution in [3.8, 4) is 5.75 Å². The lowest BCUT2D eigenvalue weighted by Crippen LogP contribution is -2.14. The van der Waals surface area contributed by atoms with Crippen LogP contribution in [0.1, 0.15) is 29.6 Å². The van der Waals surface area contributed by atoms with Gasteiger partial charge in [-0.3, -0.25) is 4.79 Å². The minimum atomic E-state index is -1.11. The van der Waals surface area contributed by atoms with E-state index in [2.05, 4.69) is 5.32 Å². The number of carboxylic acids is 1. The van der Waals surface area contributed by atoms with Crippen LogP contribution < -0.4 is 10.1 Å². The van der Waals surface area contributed by atoms with Crippen LogP contribution in [-0.2, 0) is 9.53 Å². The summed E-state index contributed by atoms with van der Waals surface area (Å²) < 4.78 is 9.86. The summed E-state index contributed by atoms with van der Waals surface area (Å²) in [6.45, 7) is 0.607. The molecule has 1 rings (SSSR count). The molecule has 2 N–H and O–H groups in total. The number of unbranched alkanes of at least 4 members (excludes halogenated alkanes) is 1. The fraction of sp³-hybridized carbons (Fsp3) is 0.429. The molecule has 6 nitrogen and oxygen atoms in total. The lowest BCUT2D eigenvalue weighted by Gasteiger charge is -2.10. The van der Waals surface area contributed by atoms with Crippen LogP contribution in [0.15, 0.2) is 18.2 Å². The van der Waals surface area contributed by atoms with E-state index in [1.165, 1.54) is 19.2 Å². The summed E-state index contributed by atoms with van der Waals surface area (Å²) in [5, 5.41) is 11.7. The maximum absolute atomic E-state index is 11.7. The minimum Gasteiger partial charge on any atom is -0.497 e. The highest BCUT2D eigenvalue weighted by molar-refractivity contribution is 6.00. The first kappa shape index (κ1) is 16.0. The summed E-state index contributed by atoms with van der Waals surface area (Å²) in [4.78, 5) is 22.9. The Bertz CT molecular complexity index is 473. The van der Waals surface area contributed by atoms with E-state index in [-0.39, 0.29) is 17.2 Å². The van der Waals surface area contributed by atoms with Crippen molar-refractivity contribution in [1.29, 1.82) is 0 Å². The third-order valence-electron chi connectivity index (χ3n) is 2.73. The third-order valence-corrected chi connectivity index (χ3v) is 2.73. The highest BCUT2D eigenvalue weighted by atomic mass is 16.5. The van der Waals surface area contributed by atoms with Gasteiger partial charge in [-0.05, 0) is 31.0 Å². The molecule has 110 valence electrons. The minimum absolute atomic E-state index is 0.00888. The number of hydrogen-bond donors (Lipinski definition) is 2. The lowest BCUT2D eigenvalue weighted by molar-refractivity contribution is -0.116. The number of rotatable bonds is 8. The zero-order chi connectivity index (χ0) is 15.0.